The summed E-state index contributed by atoms with van der Waals surface area (Å²) >= 11 is 0. The van der Waals surface area contributed by atoms with Gasteiger partial charge in [0.2, 0.25) is 0 Å². The Morgan fingerprint density at radius 2 is 1.83 bits per heavy atom. The number of rotatable bonds is 4. The zero-order valence-electron chi connectivity index (χ0n) is 10.3. The van der Waals surface area contributed by atoms with E-state index in [0.29, 0.717) is 24.5 Å². The van der Waals surface area contributed by atoms with Crippen LogP contribution in [0.3, 0.4) is 0 Å². The van der Waals surface area contributed by atoms with Crippen molar-refractivity contribution in [3.05, 3.63) is 53.8 Å². The maximum Gasteiger partial charge on any atom is 0.131 e. The highest BCUT2D eigenvalue weighted by Crippen LogP contribution is 2.27. The number of hydrogen-bond donors (Lipinski definition) is 1. The van der Waals surface area contributed by atoms with Gasteiger partial charge in [0.1, 0.15) is 11.6 Å². The highest BCUT2D eigenvalue weighted by molar-refractivity contribution is 5.66. The lowest BCUT2D eigenvalue weighted by Gasteiger charge is -2.08. The molecule has 0 atom stereocenters. The Labute approximate surface area is 106 Å². The van der Waals surface area contributed by atoms with Crippen LogP contribution in [-0.2, 0) is 6.54 Å². The summed E-state index contributed by atoms with van der Waals surface area (Å²) in [4.78, 5) is 0. The minimum atomic E-state index is -0.251. The Hall–Kier alpha value is -1.87. The number of ether oxygens (including phenoxy) is 1. The molecule has 2 aromatic rings. The van der Waals surface area contributed by atoms with Gasteiger partial charge in [-0.1, -0.05) is 24.3 Å². The standard InChI is InChI=1S/C15H16FNO/c1-2-18-13-7-8-15(16)14(9-13)12-5-3-11(10-17)4-6-12/h3-9H,2,10,17H2,1H3. The van der Waals surface area contributed by atoms with Crippen LogP contribution in [0.2, 0.25) is 0 Å². The van der Waals surface area contributed by atoms with Crippen molar-refractivity contribution >= 4 is 0 Å². The fourth-order valence-electron chi connectivity index (χ4n) is 1.80. The molecule has 0 aliphatic carbocycles. The maximum absolute atomic E-state index is 13.8. The fraction of sp³-hybridized carbons (Fsp3) is 0.200. The van der Waals surface area contributed by atoms with Gasteiger partial charge in [-0.05, 0) is 36.2 Å². The van der Waals surface area contributed by atoms with Gasteiger partial charge in [-0.15, -0.1) is 0 Å². The molecule has 2 N–H and O–H groups in total. The molecule has 3 heteroatoms. The molecule has 0 fully saturated rings. The molecule has 0 radical (unpaired) electrons. The van der Waals surface area contributed by atoms with Gasteiger partial charge in [-0.25, -0.2) is 4.39 Å². The van der Waals surface area contributed by atoms with E-state index in [0.717, 1.165) is 11.1 Å². The van der Waals surface area contributed by atoms with Crippen LogP contribution in [-0.4, -0.2) is 6.61 Å². The first-order valence-electron chi connectivity index (χ1n) is 5.96. The number of hydrogen-bond acceptors (Lipinski definition) is 2. The lowest BCUT2D eigenvalue weighted by Crippen LogP contribution is -1.96. The van der Waals surface area contributed by atoms with Crippen molar-refractivity contribution in [2.45, 2.75) is 13.5 Å². The first-order chi connectivity index (χ1) is 8.74. The molecule has 2 nitrogen and oxygen atoms in total. The normalized spacial score (nSPS) is 10.4. The molecule has 0 amide bonds. The maximum atomic E-state index is 13.8. The average molecular weight is 245 g/mol. The van der Waals surface area contributed by atoms with Gasteiger partial charge < -0.3 is 10.5 Å². The summed E-state index contributed by atoms with van der Waals surface area (Å²) in [5.74, 6) is 0.427. The van der Waals surface area contributed by atoms with Crippen molar-refractivity contribution in [2.75, 3.05) is 6.61 Å². The van der Waals surface area contributed by atoms with Crippen molar-refractivity contribution < 1.29 is 9.13 Å². The predicted octanol–water partition coefficient (Wildman–Crippen LogP) is 3.35. The molecule has 0 saturated carbocycles. The second kappa shape index (κ2) is 5.65. The molecule has 0 unspecified atom stereocenters. The van der Waals surface area contributed by atoms with Crippen molar-refractivity contribution in [1.29, 1.82) is 0 Å². The molecule has 0 bridgehead atoms. The highest BCUT2D eigenvalue weighted by Gasteiger charge is 2.06. The van der Waals surface area contributed by atoms with Crippen LogP contribution in [0, 0.1) is 5.82 Å². The SMILES string of the molecule is CCOc1ccc(F)c(-c2ccc(CN)cc2)c1. The molecule has 2 rings (SSSR count). The second-order valence-corrected chi connectivity index (χ2v) is 3.98. The van der Waals surface area contributed by atoms with E-state index in [1.54, 1.807) is 12.1 Å². The van der Waals surface area contributed by atoms with E-state index < -0.39 is 0 Å². The minimum absolute atomic E-state index is 0.251. The smallest absolute Gasteiger partial charge is 0.131 e. The highest BCUT2D eigenvalue weighted by atomic mass is 19.1. The van der Waals surface area contributed by atoms with Crippen LogP contribution in [0.5, 0.6) is 5.75 Å². The number of nitrogens with two attached hydrogens (primary N) is 1. The van der Waals surface area contributed by atoms with E-state index >= 15 is 0 Å². The molecule has 18 heavy (non-hydrogen) atoms. The minimum Gasteiger partial charge on any atom is -0.494 e. The molecular formula is C15H16FNO. The Balaban J connectivity index is 2.38. The zero-order valence-corrected chi connectivity index (χ0v) is 10.3. The van der Waals surface area contributed by atoms with Crippen LogP contribution in [0.1, 0.15) is 12.5 Å². The summed E-state index contributed by atoms with van der Waals surface area (Å²) in [6, 6.07) is 12.3. The third-order valence-corrected chi connectivity index (χ3v) is 2.75. The van der Waals surface area contributed by atoms with Gasteiger partial charge in [0.15, 0.2) is 0 Å². The van der Waals surface area contributed by atoms with Crippen molar-refractivity contribution in [1.82, 2.24) is 0 Å². The molecule has 0 spiro atoms. The molecule has 0 saturated heterocycles. The first-order valence-corrected chi connectivity index (χ1v) is 5.96. The number of benzene rings is 2. The molecule has 0 aliphatic heterocycles. The van der Waals surface area contributed by atoms with Gasteiger partial charge in [-0.3, -0.25) is 0 Å². The fourth-order valence-corrected chi connectivity index (χ4v) is 1.80. The topological polar surface area (TPSA) is 35.2 Å². The third-order valence-electron chi connectivity index (χ3n) is 2.75. The van der Waals surface area contributed by atoms with E-state index in [2.05, 4.69) is 0 Å². The summed E-state index contributed by atoms with van der Waals surface area (Å²) in [6.45, 7) is 2.96. The van der Waals surface area contributed by atoms with Crippen LogP contribution >= 0.6 is 0 Å². The van der Waals surface area contributed by atoms with E-state index in [4.69, 9.17) is 10.5 Å². The summed E-state index contributed by atoms with van der Waals surface area (Å²) < 4.78 is 19.2. The lowest BCUT2D eigenvalue weighted by atomic mass is 10.0. The van der Waals surface area contributed by atoms with E-state index in [1.807, 2.05) is 31.2 Å². The molecule has 0 aromatic heterocycles. The first kappa shape index (κ1) is 12.6. The summed E-state index contributed by atoms with van der Waals surface area (Å²) in [6.07, 6.45) is 0. The van der Waals surface area contributed by atoms with Gasteiger partial charge in [0, 0.05) is 12.1 Å². The van der Waals surface area contributed by atoms with Gasteiger partial charge in [-0.2, -0.15) is 0 Å². The summed E-state index contributed by atoms with van der Waals surface area (Å²) in [7, 11) is 0. The van der Waals surface area contributed by atoms with Gasteiger partial charge >= 0.3 is 0 Å². The number of halogens is 1. The van der Waals surface area contributed by atoms with Crippen molar-refractivity contribution in [3.8, 4) is 16.9 Å². The summed E-state index contributed by atoms with van der Waals surface area (Å²) in [5.41, 5.74) is 7.94. The van der Waals surface area contributed by atoms with E-state index in [-0.39, 0.29) is 5.82 Å². The molecule has 0 aliphatic rings. The largest absolute Gasteiger partial charge is 0.494 e. The van der Waals surface area contributed by atoms with E-state index in [1.165, 1.54) is 6.07 Å². The molecule has 2 aromatic carbocycles. The Kier molecular flexibility index (Phi) is 3.95. The van der Waals surface area contributed by atoms with Crippen molar-refractivity contribution in [2.24, 2.45) is 5.73 Å². The monoisotopic (exact) mass is 245 g/mol. The van der Waals surface area contributed by atoms with Gasteiger partial charge in [0.25, 0.3) is 0 Å². The quantitative estimate of drug-likeness (QED) is 0.896. The molecule has 94 valence electrons. The van der Waals surface area contributed by atoms with E-state index in [9.17, 15) is 4.39 Å². The third kappa shape index (κ3) is 2.68. The molecule has 0 heterocycles. The zero-order chi connectivity index (χ0) is 13.0. The average Bonchev–Trinajstić information content (AvgIpc) is 2.41. The Bertz CT molecular complexity index is 523. The summed E-state index contributed by atoms with van der Waals surface area (Å²) in [5, 5.41) is 0. The Morgan fingerprint density at radius 3 is 2.44 bits per heavy atom. The lowest BCUT2D eigenvalue weighted by molar-refractivity contribution is 0.340. The Morgan fingerprint density at radius 1 is 1.11 bits per heavy atom. The van der Waals surface area contributed by atoms with Gasteiger partial charge in [0.05, 0.1) is 6.61 Å². The molecular weight excluding hydrogens is 229 g/mol. The van der Waals surface area contributed by atoms with Crippen LogP contribution in [0.15, 0.2) is 42.5 Å². The predicted molar refractivity (Wildman–Crippen MR) is 70.9 cm³/mol. The second-order valence-electron chi connectivity index (χ2n) is 3.98. The van der Waals surface area contributed by atoms with Crippen LogP contribution in [0.25, 0.3) is 11.1 Å². The van der Waals surface area contributed by atoms with Crippen LogP contribution in [0.4, 0.5) is 4.39 Å². The van der Waals surface area contributed by atoms with Crippen LogP contribution < -0.4 is 10.5 Å². The van der Waals surface area contributed by atoms with Crippen molar-refractivity contribution in [3.63, 3.8) is 0 Å².